The highest BCUT2D eigenvalue weighted by molar-refractivity contribution is 5.52. The molecule has 0 unspecified atom stereocenters. The van der Waals surface area contributed by atoms with Crippen molar-refractivity contribution in [2.75, 3.05) is 11.9 Å². The second-order valence-electron chi connectivity index (χ2n) is 4.11. The number of nitro benzene ring substituents is 1. The average Bonchev–Trinajstić information content (AvgIpc) is 2.86. The lowest BCUT2D eigenvalue weighted by Gasteiger charge is -2.05. The second-order valence-corrected chi connectivity index (χ2v) is 4.11. The fraction of sp³-hybridized carbons (Fsp3) is 0.250. The van der Waals surface area contributed by atoms with Crippen LogP contribution in [0.5, 0.6) is 0 Å². The van der Waals surface area contributed by atoms with E-state index in [2.05, 4.69) is 10.4 Å². The van der Waals surface area contributed by atoms with Gasteiger partial charge in [0, 0.05) is 30.4 Å². The Morgan fingerprint density at radius 3 is 3.00 bits per heavy atom. The molecule has 1 heterocycles. The zero-order valence-corrected chi connectivity index (χ0v) is 10.5. The maximum atomic E-state index is 13.5. The molecule has 0 aliphatic rings. The standard InChI is InChI=1S/C12H13FN4O3/c13-11-2-1-10(17(19)20)5-12(11)14-6-9-7-15-16(8-9)3-4-18/h1-2,5,7-8,14,18H,3-4,6H2. The molecule has 0 fully saturated rings. The second kappa shape index (κ2) is 6.11. The summed E-state index contributed by atoms with van der Waals surface area (Å²) in [5.41, 5.74) is 0.670. The van der Waals surface area contributed by atoms with E-state index in [1.807, 2.05) is 0 Å². The van der Waals surface area contributed by atoms with Crippen LogP contribution >= 0.6 is 0 Å². The maximum absolute atomic E-state index is 13.5. The van der Waals surface area contributed by atoms with Crippen molar-refractivity contribution < 1.29 is 14.4 Å². The van der Waals surface area contributed by atoms with Gasteiger partial charge in [0.05, 0.1) is 30.0 Å². The molecule has 0 radical (unpaired) electrons. The molecular formula is C12H13FN4O3. The Kier molecular flexibility index (Phi) is 4.26. The van der Waals surface area contributed by atoms with Crippen LogP contribution in [0.3, 0.4) is 0 Å². The van der Waals surface area contributed by atoms with Crippen LogP contribution < -0.4 is 5.32 Å². The highest BCUT2D eigenvalue weighted by Crippen LogP contribution is 2.21. The van der Waals surface area contributed by atoms with Gasteiger partial charge in [0.25, 0.3) is 5.69 Å². The minimum Gasteiger partial charge on any atom is -0.394 e. The molecule has 2 N–H and O–H groups in total. The molecule has 8 heteroatoms. The maximum Gasteiger partial charge on any atom is 0.271 e. The zero-order valence-electron chi connectivity index (χ0n) is 10.5. The molecular weight excluding hydrogens is 267 g/mol. The number of nitrogens with one attached hydrogen (secondary N) is 1. The molecule has 0 bridgehead atoms. The number of non-ortho nitro benzene ring substituents is 1. The summed E-state index contributed by atoms with van der Waals surface area (Å²) in [7, 11) is 0. The third kappa shape index (κ3) is 3.29. The summed E-state index contributed by atoms with van der Waals surface area (Å²) in [4.78, 5) is 10.1. The number of benzene rings is 1. The normalized spacial score (nSPS) is 10.5. The van der Waals surface area contributed by atoms with Crippen LogP contribution in [0, 0.1) is 15.9 Å². The molecule has 1 aromatic heterocycles. The largest absolute Gasteiger partial charge is 0.394 e. The molecule has 0 aliphatic heterocycles. The number of hydrogen-bond donors (Lipinski definition) is 2. The van der Waals surface area contributed by atoms with Crippen molar-refractivity contribution in [1.29, 1.82) is 0 Å². The average molecular weight is 280 g/mol. The summed E-state index contributed by atoms with van der Waals surface area (Å²) in [6.45, 7) is 0.642. The number of rotatable bonds is 6. The number of nitro groups is 1. The summed E-state index contributed by atoms with van der Waals surface area (Å²) in [5.74, 6) is -0.557. The Hall–Kier alpha value is -2.48. The zero-order chi connectivity index (χ0) is 14.5. The van der Waals surface area contributed by atoms with Crippen molar-refractivity contribution in [3.8, 4) is 0 Å². The predicted octanol–water partition coefficient (Wildman–Crippen LogP) is 1.53. The van der Waals surface area contributed by atoms with Crippen LogP contribution in [0.25, 0.3) is 0 Å². The first-order chi connectivity index (χ1) is 9.60. The first kappa shape index (κ1) is 13.9. The predicted molar refractivity (Wildman–Crippen MR) is 69.7 cm³/mol. The van der Waals surface area contributed by atoms with E-state index < -0.39 is 10.7 Å². The Bertz CT molecular complexity index is 614. The van der Waals surface area contributed by atoms with Crippen molar-refractivity contribution in [2.24, 2.45) is 0 Å². The number of hydrogen-bond acceptors (Lipinski definition) is 5. The third-order valence-corrected chi connectivity index (χ3v) is 2.66. The van der Waals surface area contributed by atoms with Crippen LogP contribution in [0.2, 0.25) is 0 Å². The molecule has 106 valence electrons. The summed E-state index contributed by atoms with van der Waals surface area (Å²) < 4.78 is 15.1. The Morgan fingerprint density at radius 2 is 2.30 bits per heavy atom. The van der Waals surface area contributed by atoms with E-state index in [0.717, 1.165) is 23.8 Å². The number of aliphatic hydroxyl groups excluding tert-OH is 1. The molecule has 0 saturated carbocycles. The van der Waals surface area contributed by atoms with Crippen molar-refractivity contribution in [3.05, 3.63) is 52.1 Å². The SMILES string of the molecule is O=[N+]([O-])c1ccc(F)c(NCc2cnn(CCO)c2)c1. The highest BCUT2D eigenvalue weighted by atomic mass is 19.1. The lowest BCUT2D eigenvalue weighted by molar-refractivity contribution is -0.384. The fourth-order valence-electron chi connectivity index (χ4n) is 1.68. The topological polar surface area (TPSA) is 93.2 Å². The van der Waals surface area contributed by atoms with Gasteiger partial charge < -0.3 is 10.4 Å². The van der Waals surface area contributed by atoms with Gasteiger partial charge in [0.15, 0.2) is 0 Å². The van der Waals surface area contributed by atoms with Gasteiger partial charge in [0.1, 0.15) is 5.82 Å². The number of halogens is 1. The van der Waals surface area contributed by atoms with Crippen LogP contribution in [0.15, 0.2) is 30.6 Å². The van der Waals surface area contributed by atoms with Crippen molar-refractivity contribution >= 4 is 11.4 Å². The van der Waals surface area contributed by atoms with Gasteiger partial charge in [-0.1, -0.05) is 0 Å². The van der Waals surface area contributed by atoms with Gasteiger partial charge in [-0.2, -0.15) is 5.10 Å². The third-order valence-electron chi connectivity index (χ3n) is 2.66. The number of anilines is 1. The van der Waals surface area contributed by atoms with E-state index in [0.29, 0.717) is 6.54 Å². The molecule has 0 saturated heterocycles. The molecule has 1 aromatic carbocycles. The molecule has 7 nitrogen and oxygen atoms in total. The smallest absolute Gasteiger partial charge is 0.271 e. The van der Waals surface area contributed by atoms with Gasteiger partial charge in [-0.05, 0) is 6.07 Å². The number of aliphatic hydroxyl groups is 1. The monoisotopic (exact) mass is 280 g/mol. The lowest BCUT2D eigenvalue weighted by Crippen LogP contribution is -2.03. The summed E-state index contributed by atoms with van der Waals surface area (Å²) >= 11 is 0. The first-order valence-corrected chi connectivity index (χ1v) is 5.90. The highest BCUT2D eigenvalue weighted by Gasteiger charge is 2.10. The summed E-state index contributed by atoms with van der Waals surface area (Å²) in [6, 6.07) is 3.31. The van der Waals surface area contributed by atoms with Gasteiger partial charge >= 0.3 is 0 Å². The molecule has 2 rings (SSSR count). The summed E-state index contributed by atoms with van der Waals surface area (Å²) in [6.07, 6.45) is 3.29. The Labute approximate surface area is 113 Å². The number of aromatic nitrogens is 2. The molecule has 2 aromatic rings. The van der Waals surface area contributed by atoms with E-state index in [-0.39, 0.29) is 24.5 Å². The van der Waals surface area contributed by atoms with Gasteiger partial charge in [-0.15, -0.1) is 0 Å². The van der Waals surface area contributed by atoms with E-state index in [1.54, 1.807) is 17.1 Å². The number of nitrogens with zero attached hydrogens (tertiary/aromatic N) is 3. The van der Waals surface area contributed by atoms with E-state index in [1.165, 1.54) is 0 Å². The van der Waals surface area contributed by atoms with Crippen LogP contribution in [0.4, 0.5) is 15.8 Å². The van der Waals surface area contributed by atoms with E-state index >= 15 is 0 Å². The molecule has 20 heavy (non-hydrogen) atoms. The van der Waals surface area contributed by atoms with Gasteiger partial charge in [0.2, 0.25) is 0 Å². The van der Waals surface area contributed by atoms with Gasteiger partial charge in [-0.25, -0.2) is 4.39 Å². The molecule has 0 spiro atoms. The van der Waals surface area contributed by atoms with Crippen LogP contribution in [-0.4, -0.2) is 26.4 Å². The van der Waals surface area contributed by atoms with Crippen LogP contribution in [-0.2, 0) is 13.1 Å². The molecule has 0 amide bonds. The van der Waals surface area contributed by atoms with Crippen molar-refractivity contribution in [2.45, 2.75) is 13.1 Å². The van der Waals surface area contributed by atoms with Crippen molar-refractivity contribution in [3.63, 3.8) is 0 Å². The van der Waals surface area contributed by atoms with Gasteiger partial charge in [-0.3, -0.25) is 14.8 Å². The van der Waals surface area contributed by atoms with Crippen LogP contribution in [0.1, 0.15) is 5.56 Å². The Morgan fingerprint density at radius 1 is 1.50 bits per heavy atom. The quantitative estimate of drug-likeness (QED) is 0.618. The molecule has 0 atom stereocenters. The minimum atomic E-state index is -0.579. The lowest BCUT2D eigenvalue weighted by atomic mass is 10.2. The minimum absolute atomic E-state index is 0.0198. The Balaban J connectivity index is 2.05. The van der Waals surface area contributed by atoms with E-state index in [9.17, 15) is 14.5 Å². The first-order valence-electron chi connectivity index (χ1n) is 5.90. The fourth-order valence-corrected chi connectivity index (χ4v) is 1.68. The van der Waals surface area contributed by atoms with E-state index in [4.69, 9.17) is 5.11 Å². The van der Waals surface area contributed by atoms with Crippen molar-refractivity contribution in [1.82, 2.24) is 9.78 Å². The molecule has 0 aliphatic carbocycles. The summed E-state index contributed by atoms with van der Waals surface area (Å²) in [5, 5.41) is 26.2.